The van der Waals surface area contributed by atoms with Gasteiger partial charge >= 0.3 is 0 Å². The Morgan fingerprint density at radius 2 is 1.94 bits per heavy atom. The molecule has 0 amide bonds. The molecule has 172 valence electrons. The molecule has 0 spiro atoms. The first kappa shape index (κ1) is 21.8. The molecule has 0 radical (unpaired) electrons. The van der Waals surface area contributed by atoms with Crippen LogP contribution in [0, 0.1) is 19.8 Å². The molecular weight excluding hydrogens is 426 g/mol. The van der Waals surface area contributed by atoms with Crippen molar-refractivity contribution in [3.63, 3.8) is 0 Å². The van der Waals surface area contributed by atoms with Crippen molar-refractivity contribution in [1.82, 2.24) is 19.9 Å². The summed E-state index contributed by atoms with van der Waals surface area (Å²) in [7, 11) is 0. The van der Waals surface area contributed by atoms with Crippen molar-refractivity contribution in [3.8, 4) is 11.5 Å². The first-order valence-corrected chi connectivity index (χ1v) is 11.5. The highest BCUT2D eigenvalue weighted by Gasteiger charge is 2.21. The lowest BCUT2D eigenvalue weighted by Crippen LogP contribution is -2.07. The standard InChI is InChI=1S/C26H27N7O/c1-4-27-21-12-20(9-5-16(21)2)34-23-10-8-19(11-17(23)3)32-25-24-22(30-15-31-25)14-29-26(33-24)28-13-18-6-7-18/h4-5,8-12,14-15,18H,6-7,13H2,1-3H3,(H,28,29,33)(H,30,31,32)/b27-4-. The summed E-state index contributed by atoms with van der Waals surface area (Å²) in [6.07, 6.45) is 7.57. The Hall–Kier alpha value is -4.07. The van der Waals surface area contributed by atoms with Crippen LogP contribution in [0.1, 0.15) is 30.9 Å². The van der Waals surface area contributed by atoms with Gasteiger partial charge < -0.3 is 15.4 Å². The van der Waals surface area contributed by atoms with Gasteiger partial charge in [0, 0.05) is 24.5 Å². The zero-order chi connectivity index (χ0) is 23.5. The van der Waals surface area contributed by atoms with Crippen LogP contribution >= 0.6 is 0 Å². The van der Waals surface area contributed by atoms with Crippen LogP contribution in [-0.4, -0.2) is 32.7 Å². The summed E-state index contributed by atoms with van der Waals surface area (Å²) in [6.45, 7) is 6.85. The highest BCUT2D eigenvalue weighted by molar-refractivity contribution is 5.87. The number of hydrogen-bond acceptors (Lipinski definition) is 8. The first-order valence-electron chi connectivity index (χ1n) is 11.5. The average molecular weight is 454 g/mol. The maximum atomic E-state index is 6.14. The molecule has 1 saturated carbocycles. The van der Waals surface area contributed by atoms with Crippen LogP contribution in [0.2, 0.25) is 0 Å². The number of hydrogen-bond donors (Lipinski definition) is 2. The number of ether oxygens (including phenoxy) is 1. The van der Waals surface area contributed by atoms with E-state index in [1.807, 2.05) is 57.2 Å². The maximum absolute atomic E-state index is 6.14. The molecule has 2 heterocycles. The molecule has 0 atom stereocenters. The van der Waals surface area contributed by atoms with E-state index in [1.54, 1.807) is 12.4 Å². The van der Waals surface area contributed by atoms with E-state index in [4.69, 9.17) is 4.74 Å². The Balaban J connectivity index is 1.35. The molecule has 0 bridgehead atoms. The summed E-state index contributed by atoms with van der Waals surface area (Å²) in [6, 6.07) is 11.8. The third kappa shape index (κ3) is 4.96. The second kappa shape index (κ2) is 9.43. The van der Waals surface area contributed by atoms with Gasteiger partial charge in [0.15, 0.2) is 5.82 Å². The van der Waals surface area contributed by atoms with Gasteiger partial charge in [-0.05, 0) is 74.9 Å². The van der Waals surface area contributed by atoms with Gasteiger partial charge in [0.25, 0.3) is 0 Å². The molecule has 8 heteroatoms. The van der Waals surface area contributed by atoms with Gasteiger partial charge in [0.1, 0.15) is 28.9 Å². The Bertz CT molecular complexity index is 1360. The fraction of sp³-hybridized carbons (Fsp3) is 0.269. The second-order valence-electron chi connectivity index (χ2n) is 8.52. The topological polar surface area (TPSA) is 97.2 Å². The van der Waals surface area contributed by atoms with E-state index in [0.29, 0.717) is 22.8 Å². The van der Waals surface area contributed by atoms with E-state index in [-0.39, 0.29) is 0 Å². The number of rotatable bonds is 8. The van der Waals surface area contributed by atoms with Crippen molar-refractivity contribution >= 4 is 40.4 Å². The van der Waals surface area contributed by atoms with Crippen LogP contribution in [-0.2, 0) is 0 Å². The number of anilines is 3. The normalized spacial score (nSPS) is 13.4. The Kier molecular flexibility index (Phi) is 6.03. The summed E-state index contributed by atoms with van der Waals surface area (Å²) >= 11 is 0. The van der Waals surface area contributed by atoms with E-state index in [2.05, 4.69) is 35.6 Å². The summed E-state index contributed by atoms with van der Waals surface area (Å²) in [5.41, 5.74) is 5.25. The van der Waals surface area contributed by atoms with Gasteiger partial charge in [-0.3, -0.25) is 4.99 Å². The molecule has 0 unspecified atom stereocenters. The SMILES string of the molecule is C/C=N\c1cc(Oc2ccc(Nc3ncnc4cnc(NCC5CC5)nc34)cc2C)ccc1C. The Morgan fingerprint density at radius 3 is 2.74 bits per heavy atom. The van der Waals surface area contributed by atoms with Gasteiger partial charge in [0.2, 0.25) is 5.95 Å². The van der Waals surface area contributed by atoms with Crippen molar-refractivity contribution in [3.05, 3.63) is 60.0 Å². The van der Waals surface area contributed by atoms with Gasteiger partial charge in [0.05, 0.1) is 11.9 Å². The van der Waals surface area contributed by atoms with Crippen molar-refractivity contribution < 1.29 is 4.74 Å². The number of aromatic nitrogens is 4. The molecule has 34 heavy (non-hydrogen) atoms. The number of benzene rings is 2. The van der Waals surface area contributed by atoms with Gasteiger partial charge in [-0.2, -0.15) is 0 Å². The smallest absolute Gasteiger partial charge is 0.223 e. The molecule has 1 fully saturated rings. The minimum atomic E-state index is 0.599. The molecule has 5 rings (SSSR count). The van der Waals surface area contributed by atoms with Gasteiger partial charge in [-0.25, -0.2) is 19.9 Å². The lowest BCUT2D eigenvalue weighted by molar-refractivity contribution is 0.479. The van der Waals surface area contributed by atoms with Crippen molar-refractivity contribution in [2.45, 2.75) is 33.6 Å². The largest absolute Gasteiger partial charge is 0.457 e. The zero-order valence-electron chi connectivity index (χ0n) is 19.5. The van der Waals surface area contributed by atoms with Crippen LogP contribution in [0.4, 0.5) is 23.1 Å². The van der Waals surface area contributed by atoms with Crippen LogP contribution in [0.5, 0.6) is 11.5 Å². The van der Waals surface area contributed by atoms with Crippen molar-refractivity contribution in [2.75, 3.05) is 17.2 Å². The molecule has 8 nitrogen and oxygen atoms in total. The fourth-order valence-corrected chi connectivity index (χ4v) is 3.62. The number of nitrogens with zero attached hydrogens (tertiary/aromatic N) is 5. The number of nitrogens with one attached hydrogen (secondary N) is 2. The van der Waals surface area contributed by atoms with Crippen molar-refractivity contribution in [1.29, 1.82) is 0 Å². The first-order chi connectivity index (χ1) is 16.6. The highest BCUT2D eigenvalue weighted by atomic mass is 16.5. The third-order valence-electron chi connectivity index (χ3n) is 5.74. The van der Waals surface area contributed by atoms with Gasteiger partial charge in [-0.15, -0.1) is 0 Å². The van der Waals surface area contributed by atoms with Crippen LogP contribution in [0.3, 0.4) is 0 Å². The van der Waals surface area contributed by atoms with E-state index in [0.717, 1.165) is 46.5 Å². The number of fused-ring (bicyclic) bond motifs is 1. The second-order valence-corrected chi connectivity index (χ2v) is 8.52. The predicted molar refractivity (Wildman–Crippen MR) is 136 cm³/mol. The third-order valence-corrected chi connectivity index (χ3v) is 5.74. The van der Waals surface area contributed by atoms with Crippen LogP contribution in [0.15, 0.2) is 53.9 Å². The lowest BCUT2D eigenvalue weighted by Gasteiger charge is -2.13. The van der Waals surface area contributed by atoms with E-state index < -0.39 is 0 Å². The number of aryl methyl sites for hydroxylation is 2. The molecule has 1 aliphatic rings. The van der Waals surface area contributed by atoms with E-state index in [1.165, 1.54) is 19.2 Å². The maximum Gasteiger partial charge on any atom is 0.223 e. The Morgan fingerprint density at radius 1 is 1.06 bits per heavy atom. The summed E-state index contributed by atoms with van der Waals surface area (Å²) < 4.78 is 6.14. The quantitative estimate of drug-likeness (QED) is 0.310. The van der Waals surface area contributed by atoms with Gasteiger partial charge in [-0.1, -0.05) is 6.07 Å². The summed E-state index contributed by atoms with van der Waals surface area (Å²) in [5, 5.41) is 6.69. The van der Waals surface area contributed by atoms with E-state index in [9.17, 15) is 0 Å². The molecule has 2 N–H and O–H groups in total. The predicted octanol–water partition coefficient (Wildman–Crippen LogP) is 6.12. The molecule has 2 aromatic heterocycles. The monoisotopic (exact) mass is 453 g/mol. The molecule has 1 aliphatic carbocycles. The van der Waals surface area contributed by atoms with E-state index >= 15 is 0 Å². The minimum Gasteiger partial charge on any atom is -0.457 e. The summed E-state index contributed by atoms with van der Waals surface area (Å²) in [4.78, 5) is 22.2. The number of aliphatic imine (C=N–C) groups is 1. The molecule has 0 saturated heterocycles. The van der Waals surface area contributed by atoms with Crippen molar-refractivity contribution in [2.24, 2.45) is 10.9 Å². The zero-order valence-corrected chi connectivity index (χ0v) is 19.5. The fourth-order valence-electron chi connectivity index (χ4n) is 3.62. The average Bonchev–Trinajstić information content (AvgIpc) is 3.67. The van der Waals surface area contributed by atoms with Crippen LogP contribution in [0.25, 0.3) is 11.0 Å². The highest BCUT2D eigenvalue weighted by Crippen LogP contribution is 2.32. The Labute approximate surface area is 198 Å². The molecule has 0 aliphatic heterocycles. The molecule has 2 aromatic carbocycles. The summed E-state index contributed by atoms with van der Waals surface area (Å²) in [5.74, 6) is 3.50. The lowest BCUT2D eigenvalue weighted by atomic mass is 10.2. The minimum absolute atomic E-state index is 0.599. The molecule has 4 aromatic rings. The van der Waals surface area contributed by atoms with Crippen LogP contribution < -0.4 is 15.4 Å². The molecular formula is C26H27N7O.